The van der Waals surface area contributed by atoms with Gasteiger partial charge in [0.2, 0.25) is 0 Å². The first-order valence-electron chi connectivity index (χ1n) is 14.4. The molecule has 2 heterocycles. The zero-order valence-electron chi connectivity index (χ0n) is 25.1. The smallest absolute Gasteiger partial charge is 0.162 e. The quantitative estimate of drug-likeness (QED) is 0.118. The second-order valence-corrected chi connectivity index (χ2v) is 11.3. The second kappa shape index (κ2) is 12.8. The molecule has 0 saturated carbocycles. The van der Waals surface area contributed by atoms with E-state index in [4.69, 9.17) is 9.40 Å². The number of ketones is 1. The summed E-state index contributed by atoms with van der Waals surface area (Å²) < 4.78 is 6.33. The van der Waals surface area contributed by atoms with Gasteiger partial charge in [0, 0.05) is 49.6 Å². The van der Waals surface area contributed by atoms with Gasteiger partial charge in [-0.2, -0.15) is 0 Å². The molecule has 5 rings (SSSR count). The molecular weight excluding hydrogens is 675 g/mol. The molecule has 4 nitrogen and oxygen atoms in total. The molecule has 1 aliphatic carbocycles. The Morgan fingerprint density at radius 1 is 0.950 bits per heavy atom. The number of nitrogens with zero attached hydrogens (tertiary/aromatic N) is 1. The zero-order valence-corrected chi connectivity index (χ0v) is 27.5. The third-order valence-corrected chi connectivity index (χ3v) is 8.55. The number of carbonyl (C=O) groups excluding carboxylic acids is 1. The van der Waals surface area contributed by atoms with Crippen LogP contribution in [0.4, 0.5) is 0 Å². The van der Waals surface area contributed by atoms with Crippen molar-refractivity contribution in [1.82, 2.24) is 4.98 Å². The van der Waals surface area contributed by atoms with Gasteiger partial charge in [0.15, 0.2) is 5.78 Å². The molecule has 0 aliphatic heterocycles. The summed E-state index contributed by atoms with van der Waals surface area (Å²) in [5.41, 5.74) is 8.72. The van der Waals surface area contributed by atoms with Gasteiger partial charge < -0.3 is 14.5 Å². The zero-order chi connectivity index (χ0) is 28.5. The monoisotopic (exact) mass is 717 g/mol. The van der Waals surface area contributed by atoms with Crippen LogP contribution in [0.5, 0.6) is 0 Å². The molecular formula is C35H42IrNO3-. The molecule has 0 spiro atoms. The van der Waals surface area contributed by atoms with Gasteiger partial charge in [-0.15, -0.1) is 17.7 Å². The van der Waals surface area contributed by atoms with Gasteiger partial charge in [-0.25, -0.2) is 0 Å². The van der Waals surface area contributed by atoms with E-state index in [0.717, 1.165) is 59.1 Å². The molecule has 0 unspecified atom stereocenters. The van der Waals surface area contributed by atoms with Crippen LogP contribution in [0, 0.1) is 31.7 Å². The van der Waals surface area contributed by atoms with Crippen molar-refractivity contribution in [1.29, 1.82) is 0 Å². The van der Waals surface area contributed by atoms with Crippen molar-refractivity contribution >= 4 is 27.7 Å². The molecule has 1 aliphatic rings. The molecule has 0 bridgehead atoms. The first-order chi connectivity index (χ1) is 18.6. The minimum absolute atomic E-state index is 0. The van der Waals surface area contributed by atoms with Crippen LogP contribution in [-0.4, -0.2) is 15.9 Å². The number of benzene rings is 2. The predicted molar refractivity (Wildman–Crippen MR) is 161 cm³/mol. The van der Waals surface area contributed by atoms with Crippen LogP contribution in [0.25, 0.3) is 33.2 Å². The number of hydrogen-bond acceptors (Lipinski definition) is 4. The van der Waals surface area contributed by atoms with E-state index in [1.54, 1.807) is 0 Å². The van der Waals surface area contributed by atoms with Crippen molar-refractivity contribution in [2.75, 3.05) is 0 Å². The van der Waals surface area contributed by atoms with E-state index < -0.39 is 0 Å². The standard InChI is InChI=1S/C22H18NO.C13H24O2.Ir/c1-12-7-9-14-17-18-15(10-8-13(2)21(18)24-20(12)17)22(3,4)16-6-5-11-23-19(14)16;1-5-10(6-2)12(14)9-13(15)11(7-3)8-4;/h5-8,10-11H,1-4H3;9-11,14H,5-8H2,1-4H3;/q-1;;/b;12-9-;. The van der Waals surface area contributed by atoms with Crippen molar-refractivity contribution in [3.05, 3.63) is 76.7 Å². The summed E-state index contributed by atoms with van der Waals surface area (Å²) >= 11 is 0. The predicted octanol–water partition coefficient (Wildman–Crippen LogP) is 9.57. The maximum absolute atomic E-state index is 11.7. The third-order valence-electron chi connectivity index (χ3n) is 8.55. The molecule has 215 valence electrons. The van der Waals surface area contributed by atoms with Gasteiger partial charge in [0.05, 0.1) is 11.3 Å². The van der Waals surface area contributed by atoms with E-state index in [9.17, 15) is 9.90 Å². The number of aliphatic hydroxyl groups is 1. The van der Waals surface area contributed by atoms with Crippen LogP contribution in [0.15, 0.2) is 52.8 Å². The molecule has 0 fully saturated rings. The number of aromatic nitrogens is 1. The SMILES string of the molecule is CCC(CC)C(=O)/C=C(\O)C(CC)CC.Cc1c[c-]c2c3c1oc1c(C)ccc(c13)C(C)(C)c1cccnc1-2.[Ir]. The van der Waals surface area contributed by atoms with Crippen LogP contribution >= 0.6 is 0 Å². The van der Waals surface area contributed by atoms with Crippen LogP contribution < -0.4 is 0 Å². The van der Waals surface area contributed by atoms with Gasteiger partial charge in [0.1, 0.15) is 5.58 Å². The van der Waals surface area contributed by atoms with Gasteiger partial charge in [-0.05, 0) is 60.9 Å². The summed E-state index contributed by atoms with van der Waals surface area (Å²) in [6.45, 7) is 16.8. The van der Waals surface area contributed by atoms with Gasteiger partial charge in [0.25, 0.3) is 0 Å². The number of carbonyl (C=O) groups is 1. The van der Waals surface area contributed by atoms with E-state index in [2.05, 4.69) is 52.0 Å². The molecule has 1 radical (unpaired) electrons. The average Bonchev–Trinajstić information content (AvgIpc) is 3.30. The fraction of sp³-hybridized carbons (Fsp3) is 0.429. The van der Waals surface area contributed by atoms with Gasteiger partial charge >= 0.3 is 0 Å². The molecule has 5 heteroatoms. The topological polar surface area (TPSA) is 63.3 Å². The summed E-state index contributed by atoms with van der Waals surface area (Å²) in [5.74, 6) is 0.547. The van der Waals surface area contributed by atoms with Crippen LogP contribution in [-0.2, 0) is 30.3 Å². The second-order valence-electron chi connectivity index (χ2n) is 11.3. The van der Waals surface area contributed by atoms with Crippen molar-refractivity contribution in [3.8, 4) is 11.3 Å². The van der Waals surface area contributed by atoms with Gasteiger partial charge in [-0.1, -0.05) is 83.2 Å². The number of aryl methyl sites for hydroxylation is 2. The van der Waals surface area contributed by atoms with Crippen LogP contribution in [0.1, 0.15) is 89.5 Å². The van der Waals surface area contributed by atoms with E-state index in [1.165, 1.54) is 28.2 Å². The first kappa shape index (κ1) is 31.8. The van der Waals surface area contributed by atoms with E-state index >= 15 is 0 Å². The largest absolute Gasteiger partial charge is 0.512 e. The molecule has 0 amide bonds. The minimum atomic E-state index is -0.146. The van der Waals surface area contributed by atoms with E-state index in [-0.39, 0.29) is 48.9 Å². The minimum Gasteiger partial charge on any atom is -0.512 e. The number of rotatable bonds is 7. The molecule has 1 N–H and O–H groups in total. The number of fused-ring (bicyclic) bond motifs is 2. The number of hydrogen-bond donors (Lipinski definition) is 1. The normalized spacial score (nSPS) is 13.7. The Kier molecular flexibility index (Phi) is 10.2. The fourth-order valence-electron chi connectivity index (χ4n) is 5.91. The summed E-state index contributed by atoms with van der Waals surface area (Å²) in [5, 5.41) is 12.1. The van der Waals surface area contributed by atoms with Crippen molar-refractivity contribution in [3.63, 3.8) is 0 Å². The molecule has 4 aromatic rings. The van der Waals surface area contributed by atoms with E-state index in [1.807, 2.05) is 46.0 Å². The maximum atomic E-state index is 11.7. The van der Waals surface area contributed by atoms with Crippen LogP contribution in [0.2, 0.25) is 0 Å². The maximum Gasteiger partial charge on any atom is 0.162 e. The molecule has 2 aromatic heterocycles. The number of furan rings is 1. The van der Waals surface area contributed by atoms with Crippen molar-refractivity contribution < 1.29 is 34.4 Å². The van der Waals surface area contributed by atoms with E-state index in [0.29, 0.717) is 0 Å². The third kappa shape index (κ3) is 5.56. The molecule has 0 atom stereocenters. The Hall–Kier alpha value is -2.75. The Balaban J connectivity index is 0.000000243. The Morgan fingerprint density at radius 2 is 1.57 bits per heavy atom. The van der Waals surface area contributed by atoms with Crippen molar-refractivity contribution in [2.24, 2.45) is 11.8 Å². The van der Waals surface area contributed by atoms with Crippen molar-refractivity contribution in [2.45, 2.75) is 86.5 Å². The number of aliphatic hydroxyl groups excluding tert-OH is 1. The summed E-state index contributed by atoms with van der Waals surface area (Å²) in [6, 6.07) is 14.1. The summed E-state index contributed by atoms with van der Waals surface area (Å²) in [7, 11) is 0. The molecule has 40 heavy (non-hydrogen) atoms. The summed E-state index contributed by atoms with van der Waals surface area (Å²) in [4.78, 5) is 16.4. The van der Waals surface area contributed by atoms with Gasteiger partial charge in [-0.3, -0.25) is 4.79 Å². The summed E-state index contributed by atoms with van der Waals surface area (Å²) in [6.07, 6.45) is 6.77. The Morgan fingerprint density at radius 3 is 2.20 bits per heavy atom. The molecule has 2 aromatic carbocycles. The first-order valence-corrected chi connectivity index (χ1v) is 14.4. The fourth-order valence-corrected chi connectivity index (χ4v) is 5.91. The van der Waals surface area contributed by atoms with Crippen LogP contribution in [0.3, 0.4) is 0 Å². The Bertz CT molecular complexity index is 1540. The molecule has 0 saturated heterocycles. The number of pyridine rings is 1. The number of allylic oxidation sites excluding steroid dienone is 2. The average molecular weight is 717 g/mol. The Labute approximate surface area is 252 Å².